The number of aromatic nitrogens is 2. The lowest BCUT2D eigenvalue weighted by atomic mass is 10.2. The minimum absolute atomic E-state index is 0.0429. The number of aryl methyl sites for hydroxylation is 1. The molecule has 4 nitrogen and oxygen atoms in total. The van der Waals surface area contributed by atoms with Crippen molar-refractivity contribution < 1.29 is 4.74 Å². The number of nitrogens with one attached hydrogen (secondary N) is 1. The first-order valence-corrected chi connectivity index (χ1v) is 6.57. The lowest BCUT2D eigenvalue weighted by Crippen LogP contribution is -2.36. The number of hydrogen-bond acceptors (Lipinski definition) is 4. The SMILES string of the molecule is CN1CCOC(c2nc(=S)c3c([nH]2)CCC3)C1. The molecule has 1 atom stereocenters. The summed E-state index contributed by atoms with van der Waals surface area (Å²) in [5.74, 6) is 0.905. The van der Waals surface area contributed by atoms with Gasteiger partial charge < -0.3 is 14.6 Å². The van der Waals surface area contributed by atoms with E-state index in [4.69, 9.17) is 17.0 Å². The maximum absolute atomic E-state index is 5.77. The van der Waals surface area contributed by atoms with Gasteiger partial charge in [-0.3, -0.25) is 0 Å². The molecule has 1 aliphatic carbocycles. The van der Waals surface area contributed by atoms with Gasteiger partial charge in [0.15, 0.2) is 0 Å². The van der Waals surface area contributed by atoms with Crippen molar-refractivity contribution in [2.75, 3.05) is 26.7 Å². The van der Waals surface area contributed by atoms with E-state index in [1.807, 2.05) is 0 Å². The third-order valence-electron chi connectivity index (χ3n) is 3.55. The Kier molecular flexibility index (Phi) is 2.98. The van der Waals surface area contributed by atoms with Gasteiger partial charge in [0, 0.05) is 24.3 Å². The van der Waals surface area contributed by atoms with Gasteiger partial charge in [-0.15, -0.1) is 0 Å². The van der Waals surface area contributed by atoms with Gasteiger partial charge in [0.05, 0.1) is 6.61 Å². The van der Waals surface area contributed by atoms with Crippen LogP contribution in [0.5, 0.6) is 0 Å². The lowest BCUT2D eigenvalue weighted by molar-refractivity contribution is -0.0256. The van der Waals surface area contributed by atoms with Crippen molar-refractivity contribution in [3.05, 3.63) is 21.7 Å². The van der Waals surface area contributed by atoms with E-state index in [2.05, 4.69) is 21.9 Å². The van der Waals surface area contributed by atoms with Crippen LogP contribution in [-0.2, 0) is 17.6 Å². The predicted octanol–water partition coefficient (Wildman–Crippen LogP) is 1.63. The second-order valence-electron chi connectivity index (χ2n) is 4.86. The molecule has 1 unspecified atom stereocenters. The quantitative estimate of drug-likeness (QED) is 0.770. The second-order valence-corrected chi connectivity index (χ2v) is 5.25. The van der Waals surface area contributed by atoms with Gasteiger partial charge in [-0.25, -0.2) is 4.98 Å². The van der Waals surface area contributed by atoms with Crippen LogP contribution < -0.4 is 0 Å². The van der Waals surface area contributed by atoms with Gasteiger partial charge in [-0.2, -0.15) is 0 Å². The molecule has 0 radical (unpaired) electrons. The average Bonchev–Trinajstić information content (AvgIpc) is 2.77. The maximum Gasteiger partial charge on any atom is 0.138 e. The standard InChI is InChI=1S/C12H17N3OS/c1-15-5-6-16-10(7-15)11-13-9-4-2-3-8(9)12(17)14-11/h10H,2-7H2,1H3,(H,13,14,17). The summed E-state index contributed by atoms with van der Waals surface area (Å²) in [6.45, 7) is 2.64. The Hall–Kier alpha value is -0.780. The molecule has 1 fully saturated rings. The molecule has 1 aliphatic heterocycles. The minimum Gasteiger partial charge on any atom is -0.368 e. The zero-order chi connectivity index (χ0) is 11.8. The Morgan fingerprint density at radius 1 is 1.47 bits per heavy atom. The number of nitrogens with zero attached hydrogens (tertiary/aromatic N) is 2. The molecule has 2 heterocycles. The van der Waals surface area contributed by atoms with E-state index in [0.29, 0.717) is 0 Å². The summed E-state index contributed by atoms with van der Waals surface area (Å²) in [4.78, 5) is 10.2. The van der Waals surface area contributed by atoms with Gasteiger partial charge in [0.2, 0.25) is 0 Å². The Labute approximate surface area is 106 Å². The normalized spacial score (nSPS) is 24.9. The number of morpholine rings is 1. The smallest absolute Gasteiger partial charge is 0.138 e. The molecule has 3 rings (SSSR count). The largest absolute Gasteiger partial charge is 0.368 e. The van der Waals surface area contributed by atoms with Gasteiger partial charge >= 0.3 is 0 Å². The number of H-pyrrole nitrogens is 1. The summed E-state index contributed by atoms with van der Waals surface area (Å²) in [5, 5.41) is 0. The van der Waals surface area contributed by atoms with Crippen molar-refractivity contribution in [1.82, 2.24) is 14.9 Å². The Morgan fingerprint density at radius 3 is 3.18 bits per heavy atom. The van der Waals surface area contributed by atoms with E-state index in [9.17, 15) is 0 Å². The molecule has 1 aromatic rings. The Bertz CT molecular complexity index is 485. The molecule has 2 aliphatic rings. The first-order valence-electron chi connectivity index (χ1n) is 6.16. The van der Waals surface area contributed by atoms with Crippen LogP contribution in [0.25, 0.3) is 0 Å². The summed E-state index contributed by atoms with van der Waals surface area (Å²) in [5.41, 5.74) is 2.52. The molecule has 1 saturated heterocycles. The highest BCUT2D eigenvalue weighted by molar-refractivity contribution is 7.71. The lowest BCUT2D eigenvalue weighted by Gasteiger charge is -2.29. The zero-order valence-corrected chi connectivity index (χ0v) is 10.8. The third kappa shape index (κ3) is 2.14. The van der Waals surface area contributed by atoms with E-state index >= 15 is 0 Å². The highest BCUT2D eigenvalue weighted by Gasteiger charge is 2.23. The number of aromatic amines is 1. The number of likely N-dealkylation sites (N-methyl/N-ethyl adjacent to an activating group) is 1. The van der Waals surface area contributed by atoms with E-state index in [1.165, 1.54) is 17.7 Å². The number of fused-ring (bicyclic) bond motifs is 1. The fourth-order valence-corrected chi connectivity index (χ4v) is 2.90. The number of rotatable bonds is 1. The molecule has 5 heteroatoms. The number of hydrogen-bond donors (Lipinski definition) is 1. The first kappa shape index (κ1) is 11.3. The van der Waals surface area contributed by atoms with Crippen LogP contribution in [0.3, 0.4) is 0 Å². The molecule has 1 N–H and O–H groups in total. The van der Waals surface area contributed by atoms with Crippen molar-refractivity contribution in [3.63, 3.8) is 0 Å². The predicted molar refractivity (Wildman–Crippen MR) is 67.6 cm³/mol. The van der Waals surface area contributed by atoms with Crippen LogP contribution in [-0.4, -0.2) is 41.6 Å². The van der Waals surface area contributed by atoms with Crippen LogP contribution in [0.1, 0.15) is 29.6 Å². The summed E-state index contributed by atoms with van der Waals surface area (Å²) in [7, 11) is 2.11. The van der Waals surface area contributed by atoms with Crippen molar-refractivity contribution in [2.45, 2.75) is 25.4 Å². The Morgan fingerprint density at radius 2 is 2.35 bits per heavy atom. The maximum atomic E-state index is 5.77. The Balaban J connectivity index is 1.93. The second kappa shape index (κ2) is 4.48. The van der Waals surface area contributed by atoms with E-state index in [0.717, 1.165) is 43.0 Å². The zero-order valence-electron chi connectivity index (χ0n) is 10.0. The molecular formula is C12H17N3OS. The monoisotopic (exact) mass is 251 g/mol. The van der Waals surface area contributed by atoms with Crippen molar-refractivity contribution >= 4 is 12.2 Å². The molecule has 0 bridgehead atoms. The van der Waals surface area contributed by atoms with Crippen LogP contribution in [0, 0.1) is 4.64 Å². The summed E-state index contributed by atoms with van der Waals surface area (Å²) in [6.07, 6.45) is 3.40. The summed E-state index contributed by atoms with van der Waals surface area (Å²) < 4.78 is 6.53. The van der Waals surface area contributed by atoms with Gasteiger partial charge in [0.25, 0.3) is 0 Å². The average molecular weight is 251 g/mol. The van der Waals surface area contributed by atoms with Crippen molar-refractivity contribution in [3.8, 4) is 0 Å². The minimum atomic E-state index is 0.0429. The fraction of sp³-hybridized carbons (Fsp3) is 0.667. The highest BCUT2D eigenvalue weighted by atomic mass is 32.1. The van der Waals surface area contributed by atoms with E-state index < -0.39 is 0 Å². The first-order chi connectivity index (χ1) is 8.24. The molecule has 1 aromatic heterocycles. The number of ether oxygens (including phenoxy) is 1. The molecular weight excluding hydrogens is 234 g/mol. The molecule has 17 heavy (non-hydrogen) atoms. The highest BCUT2D eigenvalue weighted by Crippen LogP contribution is 2.24. The third-order valence-corrected chi connectivity index (χ3v) is 3.89. The molecule has 0 amide bonds. The molecule has 92 valence electrons. The van der Waals surface area contributed by atoms with Crippen LogP contribution in [0.2, 0.25) is 0 Å². The van der Waals surface area contributed by atoms with Crippen LogP contribution in [0.15, 0.2) is 0 Å². The molecule has 0 spiro atoms. The van der Waals surface area contributed by atoms with Gasteiger partial charge in [-0.05, 0) is 26.3 Å². The van der Waals surface area contributed by atoms with Crippen molar-refractivity contribution in [1.29, 1.82) is 0 Å². The van der Waals surface area contributed by atoms with Crippen molar-refractivity contribution in [2.24, 2.45) is 0 Å². The van der Waals surface area contributed by atoms with E-state index in [1.54, 1.807) is 0 Å². The summed E-state index contributed by atoms with van der Waals surface area (Å²) >= 11 is 5.36. The fourth-order valence-electron chi connectivity index (χ4n) is 2.57. The van der Waals surface area contributed by atoms with Gasteiger partial charge in [-0.1, -0.05) is 12.2 Å². The molecule has 0 aromatic carbocycles. The summed E-state index contributed by atoms with van der Waals surface area (Å²) in [6, 6.07) is 0. The van der Waals surface area contributed by atoms with Gasteiger partial charge in [0.1, 0.15) is 16.6 Å². The topological polar surface area (TPSA) is 41.1 Å². The van der Waals surface area contributed by atoms with E-state index in [-0.39, 0.29) is 6.10 Å². The molecule has 0 saturated carbocycles. The van der Waals surface area contributed by atoms with Crippen LogP contribution in [0.4, 0.5) is 0 Å². The van der Waals surface area contributed by atoms with Crippen LogP contribution >= 0.6 is 12.2 Å².